The molecule has 0 aliphatic heterocycles. The Kier molecular flexibility index (Phi) is 5.50. The maximum absolute atomic E-state index is 11.2. The second-order valence-electron chi connectivity index (χ2n) is 3.52. The number of hydrazone groups is 1. The molecule has 0 atom stereocenters. The summed E-state index contributed by atoms with van der Waals surface area (Å²) in [6, 6.07) is 8.75. The first-order valence-corrected chi connectivity index (χ1v) is 5.55. The third-order valence-electron chi connectivity index (χ3n) is 2.04. The maximum Gasteiger partial charge on any atom is 0.311 e. The average molecular weight is 249 g/mol. The fourth-order valence-corrected chi connectivity index (χ4v) is 1.30. The Morgan fingerprint density at radius 3 is 2.56 bits per heavy atom. The largest absolute Gasteiger partial charge is 0.466 e. The summed E-state index contributed by atoms with van der Waals surface area (Å²) in [5, 5.41) is 7.69. The van der Waals surface area contributed by atoms with Gasteiger partial charge in [0.2, 0.25) is 0 Å². The van der Waals surface area contributed by atoms with E-state index in [1.807, 2.05) is 6.07 Å². The van der Waals surface area contributed by atoms with Crippen LogP contribution in [0, 0.1) is 4.91 Å². The second-order valence-corrected chi connectivity index (χ2v) is 3.52. The fourth-order valence-electron chi connectivity index (χ4n) is 1.30. The van der Waals surface area contributed by atoms with Crippen LogP contribution in [-0.2, 0) is 9.53 Å². The molecule has 0 bridgehead atoms. The number of benzene rings is 1. The quantitative estimate of drug-likeness (QED) is 0.336. The Labute approximate surface area is 105 Å². The molecule has 96 valence electrons. The molecule has 0 aliphatic rings. The van der Waals surface area contributed by atoms with Crippen LogP contribution < -0.4 is 5.12 Å². The molecule has 18 heavy (non-hydrogen) atoms. The highest BCUT2D eigenvalue weighted by Gasteiger charge is 2.08. The summed E-state index contributed by atoms with van der Waals surface area (Å²) in [6.45, 7) is 3.69. The molecule has 6 heteroatoms. The standard InChI is InChI=1S/C12H15N3O3/c1-3-18-12(16)9-10(2)13-15(14-17)11-7-5-4-6-8-11/h4-8H,3,9H2,1-2H3/b13-10+. The molecule has 0 radical (unpaired) electrons. The monoisotopic (exact) mass is 249 g/mol. The zero-order valence-corrected chi connectivity index (χ0v) is 10.4. The number of carbonyl (C=O) groups excluding carboxylic acids is 1. The lowest BCUT2D eigenvalue weighted by Gasteiger charge is -2.10. The van der Waals surface area contributed by atoms with Crippen molar-refractivity contribution in [3.05, 3.63) is 35.2 Å². The van der Waals surface area contributed by atoms with Crippen molar-refractivity contribution in [2.24, 2.45) is 10.4 Å². The first kappa shape index (κ1) is 13.8. The van der Waals surface area contributed by atoms with E-state index in [0.29, 0.717) is 18.0 Å². The average Bonchev–Trinajstić information content (AvgIpc) is 2.37. The van der Waals surface area contributed by atoms with E-state index in [4.69, 9.17) is 4.74 Å². The van der Waals surface area contributed by atoms with Crippen LogP contribution in [0.2, 0.25) is 0 Å². The highest BCUT2D eigenvalue weighted by molar-refractivity contribution is 5.97. The minimum Gasteiger partial charge on any atom is -0.466 e. The van der Waals surface area contributed by atoms with Crippen LogP contribution in [-0.4, -0.2) is 18.3 Å². The molecule has 0 saturated carbocycles. The predicted octanol–water partition coefficient (Wildman–Crippen LogP) is 2.50. The first-order chi connectivity index (χ1) is 8.67. The van der Waals surface area contributed by atoms with Crippen LogP contribution in [0.1, 0.15) is 20.3 Å². The van der Waals surface area contributed by atoms with E-state index in [2.05, 4.69) is 10.4 Å². The molecule has 0 saturated heterocycles. The zero-order chi connectivity index (χ0) is 13.4. The number of carbonyl (C=O) groups is 1. The highest BCUT2D eigenvalue weighted by Crippen LogP contribution is 2.14. The number of ether oxygens (including phenoxy) is 1. The van der Waals surface area contributed by atoms with E-state index in [0.717, 1.165) is 5.12 Å². The van der Waals surface area contributed by atoms with Gasteiger partial charge in [-0.05, 0) is 26.0 Å². The molecular weight excluding hydrogens is 234 g/mol. The van der Waals surface area contributed by atoms with Gasteiger partial charge in [0.05, 0.1) is 24.0 Å². The fraction of sp³-hybridized carbons (Fsp3) is 0.333. The summed E-state index contributed by atoms with van der Waals surface area (Å²) < 4.78 is 4.79. The van der Waals surface area contributed by atoms with Gasteiger partial charge in [-0.15, -0.1) is 10.0 Å². The van der Waals surface area contributed by atoms with Crippen LogP contribution in [0.25, 0.3) is 0 Å². The molecular formula is C12H15N3O3. The third-order valence-corrected chi connectivity index (χ3v) is 2.04. The van der Waals surface area contributed by atoms with Gasteiger partial charge in [0.15, 0.2) is 0 Å². The number of hydrogen-bond donors (Lipinski definition) is 0. The van der Waals surface area contributed by atoms with Gasteiger partial charge < -0.3 is 4.74 Å². The first-order valence-electron chi connectivity index (χ1n) is 5.55. The van der Waals surface area contributed by atoms with Gasteiger partial charge in [0.25, 0.3) is 0 Å². The summed E-state index contributed by atoms with van der Waals surface area (Å²) in [5.41, 5.74) is 0.993. The highest BCUT2D eigenvalue weighted by atomic mass is 16.5. The molecule has 1 aromatic carbocycles. The topological polar surface area (TPSA) is 71.3 Å². The predicted molar refractivity (Wildman–Crippen MR) is 69.1 cm³/mol. The third kappa shape index (κ3) is 4.32. The van der Waals surface area contributed by atoms with Crippen molar-refractivity contribution in [2.75, 3.05) is 11.7 Å². The van der Waals surface area contributed by atoms with E-state index in [9.17, 15) is 9.70 Å². The summed E-state index contributed by atoms with van der Waals surface area (Å²) in [4.78, 5) is 21.9. The summed E-state index contributed by atoms with van der Waals surface area (Å²) in [5.74, 6) is -0.377. The van der Waals surface area contributed by atoms with E-state index in [-0.39, 0.29) is 12.4 Å². The van der Waals surface area contributed by atoms with Gasteiger partial charge in [0.1, 0.15) is 0 Å². The van der Waals surface area contributed by atoms with Crippen molar-refractivity contribution in [1.29, 1.82) is 0 Å². The minimum atomic E-state index is -0.377. The maximum atomic E-state index is 11.2. The SMILES string of the molecule is CCOC(=O)C/C(C)=N/N(N=O)c1ccccc1. The Hall–Kier alpha value is -2.24. The number of para-hydroxylation sites is 1. The van der Waals surface area contributed by atoms with Gasteiger partial charge >= 0.3 is 5.97 Å². The molecule has 1 rings (SSSR count). The number of anilines is 1. The Balaban J connectivity index is 2.73. The second kappa shape index (κ2) is 7.16. The van der Waals surface area contributed by atoms with Crippen LogP contribution in [0.15, 0.2) is 40.7 Å². The van der Waals surface area contributed by atoms with Crippen molar-refractivity contribution in [3.63, 3.8) is 0 Å². The molecule has 0 N–H and O–H groups in total. The molecule has 0 amide bonds. The lowest BCUT2D eigenvalue weighted by atomic mass is 10.3. The molecule has 0 aromatic heterocycles. The molecule has 0 heterocycles. The van der Waals surface area contributed by atoms with Crippen LogP contribution in [0.4, 0.5) is 5.69 Å². The minimum absolute atomic E-state index is 0.0344. The van der Waals surface area contributed by atoms with Gasteiger partial charge in [-0.1, -0.05) is 18.2 Å². The Bertz CT molecular complexity index is 431. The van der Waals surface area contributed by atoms with Gasteiger partial charge in [-0.2, -0.15) is 5.10 Å². The summed E-state index contributed by atoms with van der Waals surface area (Å²) >= 11 is 0. The van der Waals surface area contributed by atoms with Crippen molar-refractivity contribution >= 4 is 17.4 Å². The number of nitrogens with zero attached hydrogens (tertiary/aromatic N) is 3. The van der Waals surface area contributed by atoms with E-state index >= 15 is 0 Å². The van der Waals surface area contributed by atoms with Crippen LogP contribution in [0.5, 0.6) is 0 Å². The lowest BCUT2D eigenvalue weighted by molar-refractivity contribution is -0.141. The molecule has 0 aliphatic carbocycles. The van der Waals surface area contributed by atoms with Crippen LogP contribution in [0.3, 0.4) is 0 Å². The number of esters is 1. The van der Waals surface area contributed by atoms with Gasteiger partial charge in [-0.25, -0.2) is 0 Å². The smallest absolute Gasteiger partial charge is 0.311 e. The van der Waals surface area contributed by atoms with Gasteiger partial charge in [0, 0.05) is 5.71 Å². The Morgan fingerprint density at radius 1 is 1.33 bits per heavy atom. The van der Waals surface area contributed by atoms with Crippen molar-refractivity contribution < 1.29 is 9.53 Å². The summed E-state index contributed by atoms with van der Waals surface area (Å²) in [6.07, 6.45) is 0.0344. The lowest BCUT2D eigenvalue weighted by Crippen LogP contribution is -2.14. The van der Waals surface area contributed by atoms with Crippen molar-refractivity contribution in [2.45, 2.75) is 20.3 Å². The van der Waals surface area contributed by atoms with E-state index < -0.39 is 0 Å². The number of hydrogen-bond acceptors (Lipinski definition) is 5. The summed E-state index contributed by atoms with van der Waals surface area (Å²) in [7, 11) is 0. The normalized spacial score (nSPS) is 10.9. The van der Waals surface area contributed by atoms with Crippen molar-refractivity contribution in [3.8, 4) is 0 Å². The molecule has 0 fully saturated rings. The van der Waals surface area contributed by atoms with Crippen LogP contribution >= 0.6 is 0 Å². The van der Waals surface area contributed by atoms with Crippen molar-refractivity contribution in [1.82, 2.24) is 0 Å². The number of nitroso groups, excluding NO2 is 1. The van der Waals surface area contributed by atoms with E-state index in [1.165, 1.54) is 0 Å². The molecule has 0 unspecified atom stereocenters. The zero-order valence-electron chi connectivity index (χ0n) is 10.4. The Morgan fingerprint density at radius 2 is 2.00 bits per heavy atom. The molecule has 6 nitrogen and oxygen atoms in total. The van der Waals surface area contributed by atoms with Gasteiger partial charge in [-0.3, -0.25) is 4.79 Å². The molecule has 1 aromatic rings. The number of rotatable bonds is 6. The van der Waals surface area contributed by atoms with E-state index in [1.54, 1.807) is 38.1 Å². The molecule has 0 spiro atoms.